The van der Waals surface area contributed by atoms with Crippen LogP contribution in [0.5, 0.6) is 0 Å². The zero-order valence-corrected chi connectivity index (χ0v) is 13.5. The van der Waals surface area contributed by atoms with E-state index in [1.165, 1.54) is 41.4 Å². The van der Waals surface area contributed by atoms with Crippen molar-refractivity contribution in [2.45, 2.75) is 37.6 Å². The second kappa shape index (κ2) is 6.10. The molecule has 2 N–H and O–H groups in total. The van der Waals surface area contributed by atoms with Crippen LogP contribution in [0.4, 0.5) is 0 Å². The number of nitrogens with zero attached hydrogens (tertiary/aromatic N) is 3. The van der Waals surface area contributed by atoms with Gasteiger partial charge in [0, 0.05) is 49.4 Å². The van der Waals surface area contributed by atoms with E-state index in [1.54, 1.807) is 0 Å². The molecule has 1 fully saturated rings. The third kappa shape index (κ3) is 2.91. The summed E-state index contributed by atoms with van der Waals surface area (Å²) in [7, 11) is 4.46. The summed E-state index contributed by atoms with van der Waals surface area (Å²) in [4.78, 5) is 11.4. The van der Waals surface area contributed by atoms with Gasteiger partial charge in [0.1, 0.15) is 0 Å². The van der Waals surface area contributed by atoms with Gasteiger partial charge in [-0.2, -0.15) is 0 Å². The SMILES string of the molecule is CN1CCN(C)C(Cc2nc3c(s2)CCCC3CN)C1. The van der Waals surface area contributed by atoms with Crippen molar-refractivity contribution in [1.82, 2.24) is 14.8 Å². The molecule has 1 aliphatic heterocycles. The lowest BCUT2D eigenvalue weighted by Gasteiger charge is -2.37. The van der Waals surface area contributed by atoms with Gasteiger partial charge in [0.05, 0.1) is 10.7 Å². The number of aromatic nitrogens is 1. The van der Waals surface area contributed by atoms with Crippen LogP contribution < -0.4 is 5.73 Å². The molecule has 0 aromatic carbocycles. The molecule has 2 atom stereocenters. The average Bonchev–Trinajstić information content (AvgIpc) is 2.85. The van der Waals surface area contributed by atoms with Gasteiger partial charge in [-0.3, -0.25) is 0 Å². The van der Waals surface area contributed by atoms with Gasteiger partial charge >= 0.3 is 0 Å². The van der Waals surface area contributed by atoms with Gasteiger partial charge in [0.25, 0.3) is 0 Å². The summed E-state index contributed by atoms with van der Waals surface area (Å²) in [6.07, 6.45) is 4.81. The predicted octanol–water partition coefficient (Wildman–Crippen LogP) is 1.31. The van der Waals surface area contributed by atoms with E-state index in [-0.39, 0.29) is 0 Å². The smallest absolute Gasteiger partial charge is 0.0947 e. The number of likely N-dealkylation sites (N-methyl/N-ethyl adjacent to an activating group) is 2. The molecule has 112 valence electrons. The minimum atomic E-state index is 0.510. The van der Waals surface area contributed by atoms with Crippen LogP contribution in [0.15, 0.2) is 0 Å². The second-order valence-electron chi connectivity index (χ2n) is 6.34. The fourth-order valence-corrected chi connectivity index (χ4v) is 4.67. The van der Waals surface area contributed by atoms with Crippen molar-refractivity contribution in [2.75, 3.05) is 40.3 Å². The first-order valence-electron chi connectivity index (χ1n) is 7.74. The summed E-state index contributed by atoms with van der Waals surface area (Å²) in [6.45, 7) is 4.25. The second-order valence-corrected chi connectivity index (χ2v) is 7.51. The topological polar surface area (TPSA) is 45.4 Å². The quantitative estimate of drug-likeness (QED) is 0.913. The maximum atomic E-state index is 5.90. The third-order valence-corrected chi connectivity index (χ3v) is 5.94. The zero-order valence-electron chi connectivity index (χ0n) is 12.6. The van der Waals surface area contributed by atoms with Crippen LogP contribution in [0.25, 0.3) is 0 Å². The molecule has 0 radical (unpaired) electrons. The van der Waals surface area contributed by atoms with Gasteiger partial charge in [-0.15, -0.1) is 11.3 Å². The monoisotopic (exact) mass is 294 g/mol. The van der Waals surface area contributed by atoms with Gasteiger partial charge in [-0.1, -0.05) is 0 Å². The molecule has 0 bridgehead atoms. The number of hydrogen-bond acceptors (Lipinski definition) is 5. The molecule has 1 saturated heterocycles. The fraction of sp³-hybridized carbons (Fsp3) is 0.800. The van der Waals surface area contributed by atoms with Crippen LogP contribution in [0, 0.1) is 0 Å². The maximum absolute atomic E-state index is 5.90. The molecular formula is C15H26N4S. The third-order valence-electron chi connectivity index (χ3n) is 4.79. The number of fused-ring (bicyclic) bond motifs is 1. The van der Waals surface area contributed by atoms with E-state index in [0.29, 0.717) is 12.0 Å². The van der Waals surface area contributed by atoms with Crippen molar-refractivity contribution < 1.29 is 0 Å². The molecule has 1 aliphatic carbocycles. The van der Waals surface area contributed by atoms with E-state index in [0.717, 1.165) is 26.1 Å². The van der Waals surface area contributed by atoms with Gasteiger partial charge in [0.2, 0.25) is 0 Å². The van der Waals surface area contributed by atoms with Crippen molar-refractivity contribution >= 4 is 11.3 Å². The Morgan fingerprint density at radius 2 is 2.20 bits per heavy atom. The standard InChI is InChI=1S/C15H26N4S/c1-18-6-7-19(2)12(10-18)8-14-17-15-11(9-16)4-3-5-13(15)20-14/h11-12H,3-10,16H2,1-2H3. The van der Waals surface area contributed by atoms with Crippen LogP contribution in [0.3, 0.4) is 0 Å². The highest BCUT2D eigenvalue weighted by Crippen LogP contribution is 2.34. The lowest BCUT2D eigenvalue weighted by Crippen LogP contribution is -2.50. The van der Waals surface area contributed by atoms with Crippen LogP contribution in [-0.2, 0) is 12.8 Å². The van der Waals surface area contributed by atoms with Gasteiger partial charge in [-0.05, 0) is 33.4 Å². The minimum absolute atomic E-state index is 0.510. The van der Waals surface area contributed by atoms with Crippen LogP contribution in [0.2, 0.25) is 0 Å². The Bertz CT molecular complexity index is 459. The van der Waals surface area contributed by atoms with Gasteiger partial charge in [0.15, 0.2) is 0 Å². The van der Waals surface area contributed by atoms with Crippen LogP contribution in [0.1, 0.15) is 34.3 Å². The maximum Gasteiger partial charge on any atom is 0.0947 e. The van der Waals surface area contributed by atoms with E-state index in [4.69, 9.17) is 10.7 Å². The molecule has 20 heavy (non-hydrogen) atoms. The summed E-state index contributed by atoms with van der Waals surface area (Å²) >= 11 is 1.94. The van der Waals surface area contributed by atoms with Crippen molar-refractivity contribution in [1.29, 1.82) is 0 Å². The largest absolute Gasteiger partial charge is 0.330 e. The zero-order chi connectivity index (χ0) is 14.1. The Labute approximate surface area is 126 Å². The summed E-state index contributed by atoms with van der Waals surface area (Å²) < 4.78 is 0. The highest BCUT2D eigenvalue weighted by molar-refractivity contribution is 7.11. The lowest BCUT2D eigenvalue weighted by molar-refractivity contribution is 0.114. The van der Waals surface area contributed by atoms with E-state index < -0.39 is 0 Å². The Balaban J connectivity index is 1.73. The van der Waals surface area contributed by atoms with Crippen molar-refractivity contribution in [3.8, 4) is 0 Å². The molecular weight excluding hydrogens is 268 g/mol. The fourth-order valence-electron chi connectivity index (χ4n) is 3.40. The van der Waals surface area contributed by atoms with Crippen molar-refractivity contribution in [3.05, 3.63) is 15.6 Å². The van der Waals surface area contributed by atoms with E-state index in [1.807, 2.05) is 11.3 Å². The molecule has 0 amide bonds. The van der Waals surface area contributed by atoms with E-state index in [2.05, 4.69) is 23.9 Å². The number of nitrogens with two attached hydrogens (primary N) is 1. The summed E-state index contributed by atoms with van der Waals surface area (Å²) in [5.41, 5.74) is 7.23. The lowest BCUT2D eigenvalue weighted by atomic mass is 9.91. The van der Waals surface area contributed by atoms with Crippen molar-refractivity contribution in [2.24, 2.45) is 5.73 Å². The molecule has 4 nitrogen and oxygen atoms in total. The molecule has 0 saturated carbocycles. The molecule has 3 rings (SSSR count). The number of hydrogen-bond donors (Lipinski definition) is 1. The molecule has 1 aromatic rings. The Kier molecular flexibility index (Phi) is 4.40. The summed E-state index contributed by atoms with van der Waals surface area (Å²) in [5, 5.41) is 1.32. The van der Waals surface area contributed by atoms with Gasteiger partial charge in [-0.25, -0.2) is 4.98 Å². The summed E-state index contributed by atoms with van der Waals surface area (Å²) in [6, 6.07) is 0.609. The van der Waals surface area contributed by atoms with E-state index >= 15 is 0 Å². The first-order valence-corrected chi connectivity index (χ1v) is 8.56. The highest BCUT2D eigenvalue weighted by atomic mass is 32.1. The minimum Gasteiger partial charge on any atom is -0.330 e. The average molecular weight is 294 g/mol. The Morgan fingerprint density at radius 1 is 1.35 bits per heavy atom. The first-order chi connectivity index (χ1) is 9.67. The Morgan fingerprint density at radius 3 is 3.00 bits per heavy atom. The van der Waals surface area contributed by atoms with Gasteiger partial charge < -0.3 is 15.5 Å². The molecule has 5 heteroatoms. The van der Waals surface area contributed by atoms with Crippen molar-refractivity contribution in [3.63, 3.8) is 0 Å². The number of piperazine rings is 1. The number of aryl methyl sites for hydroxylation is 1. The Hall–Kier alpha value is -0.490. The number of thiazole rings is 1. The molecule has 2 unspecified atom stereocenters. The normalized spacial score (nSPS) is 28.6. The first kappa shape index (κ1) is 14.4. The van der Waals surface area contributed by atoms with Crippen LogP contribution >= 0.6 is 11.3 Å². The van der Waals surface area contributed by atoms with Crippen LogP contribution in [-0.4, -0.2) is 61.1 Å². The highest BCUT2D eigenvalue weighted by Gasteiger charge is 2.27. The molecule has 1 aromatic heterocycles. The number of rotatable bonds is 3. The summed E-state index contributed by atoms with van der Waals surface area (Å²) in [5.74, 6) is 0.510. The van der Waals surface area contributed by atoms with E-state index in [9.17, 15) is 0 Å². The molecule has 2 aliphatic rings. The predicted molar refractivity (Wildman–Crippen MR) is 84.5 cm³/mol. The molecule has 2 heterocycles. The molecule has 0 spiro atoms.